The molecule has 0 rings (SSSR count). The topological polar surface area (TPSA) is 116 Å². The number of unbranched alkanes of at least 4 members (excludes halogenated alkanes) is 30. The van der Waals surface area contributed by atoms with Gasteiger partial charge >= 0.3 is 7.82 Å². The van der Waals surface area contributed by atoms with E-state index < -0.39 is 26.6 Å². The minimum atomic E-state index is -4.68. The molecule has 0 bridgehead atoms. The van der Waals surface area contributed by atoms with Gasteiger partial charge in [0.25, 0.3) is 0 Å². The van der Waals surface area contributed by atoms with Gasteiger partial charge in [0.05, 0.1) is 18.8 Å². The maximum Gasteiger partial charge on any atom is 0.469 e. The largest absolute Gasteiger partial charge is 0.469 e. The van der Waals surface area contributed by atoms with Crippen LogP contribution in [0.5, 0.6) is 0 Å². The van der Waals surface area contributed by atoms with Crippen LogP contribution in [0.15, 0.2) is 0 Å². The summed E-state index contributed by atoms with van der Waals surface area (Å²) in [6, 6.07) is -0.816. The molecule has 0 aromatic heterocycles. The summed E-state index contributed by atoms with van der Waals surface area (Å²) < 4.78 is 15.9. The summed E-state index contributed by atoms with van der Waals surface area (Å²) in [6.45, 7) is 4.11. The van der Waals surface area contributed by atoms with Crippen molar-refractivity contribution in [2.45, 2.75) is 244 Å². The maximum absolute atomic E-state index is 12.6. The molecule has 2 atom stereocenters. The highest BCUT2D eigenvalue weighted by Gasteiger charge is 2.25. The van der Waals surface area contributed by atoms with E-state index in [1.165, 1.54) is 167 Å². The summed E-state index contributed by atoms with van der Waals surface area (Å²) in [5, 5.41) is 13.4. The van der Waals surface area contributed by atoms with Crippen LogP contribution < -0.4 is 5.32 Å². The van der Waals surface area contributed by atoms with Gasteiger partial charge < -0.3 is 20.2 Å². The predicted octanol–water partition coefficient (Wildman–Crippen LogP) is 12.2. The van der Waals surface area contributed by atoms with Crippen molar-refractivity contribution in [1.29, 1.82) is 0 Å². The van der Waals surface area contributed by atoms with Gasteiger partial charge in [-0.25, -0.2) is 4.57 Å². The van der Waals surface area contributed by atoms with Gasteiger partial charge in [0.15, 0.2) is 0 Å². The van der Waals surface area contributed by atoms with Crippen molar-refractivity contribution in [2.24, 2.45) is 0 Å². The predicted molar refractivity (Wildman–Crippen MR) is 204 cm³/mol. The molecule has 0 radical (unpaired) electrons. The van der Waals surface area contributed by atoms with Gasteiger partial charge in [-0.1, -0.05) is 213 Å². The quantitative estimate of drug-likeness (QED) is 0.0374. The molecule has 0 aliphatic carbocycles. The molecular weight excluding hydrogens is 621 g/mol. The van der Waals surface area contributed by atoms with Crippen LogP contribution in [-0.4, -0.2) is 39.6 Å². The van der Waals surface area contributed by atoms with Crippen LogP contribution in [0.2, 0.25) is 0 Å². The van der Waals surface area contributed by atoms with E-state index in [9.17, 15) is 14.5 Å². The molecule has 1 amide bonds. The van der Waals surface area contributed by atoms with Crippen LogP contribution in [0.4, 0.5) is 0 Å². The van der Waals surface area contributed by atoms with E-state index in [0.717, 1.165) is 38.5 Å². The van der Waals surface area contributed by atoms with Crippen molar-refractivity contribution in [3.63, 3.8) is 0 Å². The number of aliphatic hydroxyl groups is 1. The molecule has 0 fully saturated rings. The van der Waals surface area contributed by atoms with Crippen LogP contribution >= 0.6 is 7.82 Å². The van der Waals surface area contributed by atoms with Gasteiger partial charge in [-0.15, -0.1) is 0 Å². The SMILES string of the molecule is CCCCCCCCCCCCCCCCCCCCCCCCCC(=O)N[C@@H](COP(=O)(O)O)[C@H](O)CCCCCCCCCCC. The molecule has 0 spiro atoms. The van der Waals surface area contributed by atoms with Crippen molar-refractivity contribution >= 4 is 13.7 Å². The lowest BCUT2D eigenvalue weighted by molar-refractivity contribution is -0.123. The smallest absolute Gasteiger partial charge is 0.391 e. The van der Waals surface area contributed by atoms with E-state index in [1.807, 2.05) is 0 Å². The fourth-order valence-corrected chi connectivity index (χ4v) is 7.00. The number of phosphoric ester groups is 1. The van der Waals surface area contributed by atoms with Crippen molar-refractivity contribution in [2.75, 3.05) is 6.61 Å². The molecule has 288 valence electrons. The summed E-state index contributed by atoms with van der Waals surface area (Å²) in [5.41, 5.74) is 0. The number of carbonyl (C=O) groups excluding carboxylic acids is 1. The molecule has 48 heavy (non-hydrogen) atoms. The highest BCUT2D eigenvalue weighted by atomic mass is 31.2. The molecule has 0 saturated carbocycles. The summed E-state index contributed by atoms with van der Waals surface area (Å²) in [7, 11) is -4.68. The monoisotopic (exact) mass is 704 g/mol. The van der Waals surface area contributed by atoms with Gasteiger partial charge in [-0.2, -0.15) is 0 Å². The van der Waals surface area contributed by atoms with E-state index in [4.69, 9.17) is 9.79 Å². The van der Waals surface area contributed by atoms with E-state index >= 15 is 0 Å². The zero-order chi connectivity index (χ0) is 35.4. The van der Waals surface area contributed by atoms with E-state index in [-0.39, 0.29) is 5.91 Å². The number of carbonyl (C=O) groups is 1. The number of hydrogen-bond donors (Lipinski definition) is 4. The molecule has 0 aromatic carbocycles. The van der Waals surface area contributed by atoms with Crippen molar-refractivity contribution < 1.29 is 28.8 Å². The molecule has 0 aliphatic rings. The second-order valence-corrected chi connectivity index (χ2v) is 15.9. The average molecular weight is 704 g/mol. The zero-order valence-electron chi connectivity index (χ0n) is 31.9. The minimum absolute atomic E-state index is 0.191. The molecular formula is C40H82NO6P. The first kappa shape index (κ1) is 47.5. The molecule has 0 unspecified atom stereocenters. The second kappa shape index (κ2) is 36.3. The Morgan fingerprint density at radius 3 is 1.12 bits per heavy atom. The molecule has 8 heteroatoms. The van der Waals surface area contributed by atoms with Crippen molar-refractivity contribution in [3.8, 4) is 0 Å². The van der Waals surface area contributed by atoms with E-state index in [1.54, 1.807) is 0 Å². The molecule has 0 heterocycles. The number of hydrogen-bond acceptors (Lipinski definition) is 4. The van der Waals surface area contributed by atoms with Gasteiger partial charge in [-0.05, 0) is 12.8 Å². The lowest BCUT2D eigenvalue weighted by Gasteiger charge is -2.24. The maximum atomic E-state index is 12.6. The Balaban J connectivity index is 3.73. The summed E-state index contributed by atoms with van der Waals surface area (Å²) >= 11 is 0. The number of phosphoric acid groups is 1. The highest BCUT2D eigenvalue weighted by Crippen LogP contribution is 2.36. The number of nitrogens with one attached hydrogen (secondary N) is 1. The molecule has 0 aromatic rings. The molecule has 4 N–H and O–H groups in total. The third-order valence-corrected chi connectivity index (χ3v) is 10.3. The van der Waals surface area contributed by atoms with Crippen LogP contribution in [0, 0.1) is 0 Å². The lowest BCUT2D eigenvalue weighted by atomic mass is 10.0. The Morgan fingerprint density at radius 1 is 0.521 bits per heavy atom. The first-order valence-corrected chi connectivity index (χ1v) is 22.5. The van der Waals surface area contributed by atoms with Crippen molar-refractivity contribution in [1.82, 2.24) is 5.32 Å². The second-order valence-electron chi connectivity index (χ2n) is 14.7. The fourth-order valence-electron chi connectivity index (χ4n) is 6.64. The standard InChI is InChI=1S/C40H82NO6P/c1-3-5-7-9-11-13-14-15-16-17-18-19-20-21-22-23-24-25-26-28-30-32-34-36-40(43)41-38(37-47-48(44,45)46)39(42)35-33-31-29-27-12-10-8-6-4-2/h38-39,42H,3-37H2,1-2H3,(H,41,43)(H2,44,45,46)/t38-,39+/m0/s1. The summed E-state index contributed by atoms with van der Waals surface area (Å²) in [4.78, 5) is 30.8. The minimum Gasteiger partial charge on any atom is -0.391 e. The first-order valence-electron chi connectivity index (χ1n) is 21.0. The van der Waals surface area contributed by atoms with Gasteiger partial charge in [0.1, 0.15) is 0 Å². The molecule has 0 aliphatic heterocycles. The Kier molecular flexibility index (Phi) is 36.0. The van der Waals surface area contributed by atoms with Crippen LogP contribution in [0.25, 0.3) is 0 Å². The Morgan fingerprint density at radius 2 is 0.812 bits per heavy atom. The van der Waals surface area contributed by atoms with Crippen LogP contribution in [0.3, 0.4) is 0 Å². The third kappa shape index (κ3) is 36.8. The van der Waals surface area contributed by atoms with Gasteiger partial charge in [0, 0.05) is 6.42 Å². The van der Waals surface area contributed by atoms with E-state index in [0.29, 0.717) is 12.8 Å². The van der Waals surface area contributed by atoms with Gasteiger partial charge in [-0.3, -0.25) is 9.32 Å². The van der Waals surface area contributed by atoms with Gasteiger partial charge in [0.2, 0.25) is 5.91 Å². The lowest BCUT2D eigenvalue weighted by Crippen LogP contribution is -2.46. The summed E-state index contributed by atoms with van der Waals surface area (Å²) in [6.07, 6.45) is 41.1. The normalized spacial score (nSPS) is 13.2. The van der Waals surface area contributed by atoms with Crippen LogP contribution in [0.1, 0.15) is 232 Å². The van der Waals surface area contributed by atoms with E-state index in [2.05, 4.69) is 23.7 Å². The molecule has 7 nitrogen and oxygen atoms in total. The van der Waals surface area contributed by atoms with Crippen LogP contribution in [-0.2, 0) is 13.9 Å². The Labute approximate surface area is 298 Å². The molecule has 0 saturated heterocycles. The first-order chi connectivity index (χ1) is 23.3. The number of aliphatic hydroxyl groups excluding tert-OH is 1. The Bertz CT molecular complexity index is 718. The summed E-state index contributed by atoms with van der Waals surface area (Å²) in [5.74, 6) is -0.191. The van der Waals surface area contributed by atoms with Crippen molar-refractivity contribution in [3.05, 3.63) is 0 Å². The number of rotatable bonds is 39. The Hall–Kier alpha value is -0.460. The zero-order valence-corrected chi connectivity index (χ0v) is 32.8. The third-order valence-electron chi connectivity index (χ3n) is 9.84. The average Bonchev–Trinajstić information content (AvgIpc) is 3.05. The number of amides is 1. The highest BCUT2D eigenvalue weighted by molar-refractivity contribution is 7.46. The fraction of sp³-hybridized carbons (Fsp3) is 0.975.